The second kappa shape index (κ2) is 7.43. The van der Waals surface area contributed by atoms with Gasteiger partial charge in [0.2, 0.25) is 5.91 Å². The highest BCUT2D eigenvalue weighted by atomic mass is 32.1. The van der Waals surface area contributed by atoms with Crippen molar-refractivity contribution in [2.75, 3.05) is 7.11 Å². The van der Waals surface area contributed by atoms with Crippen LogP contribution < -0.4 is 5.32 Å². The molecule has 0 aliphatic heterocycles. The first-order chi connectivity index (χ1) is 9.34. The van der Waals surface area contributed by atoms with E-state index in [1.54, 1.807) is 11.3 Å². The number of nitrogens with one attached hydrogen (secondary N) is 1. The molecule has 0 radical (unpaired) electrons. The molecule has 0 aliphatic carbocycles. The predicted octanol–water partition coefficient (Wildman–Crippen LogP) is 2.77. The molecule has 0 saturated carbocycles. The van der Waals surface area contributed by atoms with Gasteiger partial charge in [-0.3, -0.25) is 4.79 Å². The van der Waals surface area contributed by atoms with Gasteiger partial charge in [-0.25, -0.2) is 4.79 Å². The van der Waals surface area contributed by atoms with Crippen LogP contribution in [0.1, 0.15) is 38.5 Å². The molecular formula is C15H23NO3S. The third kappa shape index (κ3) is 5.33. The van der Waals surface area contributed by atoms with Gasteiger partial charge in [0.05, 0.1) is 7.11 Å². The summed E-state index contributed by atoms with van der Waals surface area (Å²) in [5, 5.41) is 4.81. The molecule has 0 aliphatic rings. The summed E-state index contributed by atoms with van der Waals surface area (Å²) in [7, 11) is 1.34. The van der Waals surface area contributed by atoms with Crippen molar-refractivity contribution in [2.45, 2.75) is 46.1 Å². The minimum Gasteiger partial charge on any atom is -0.467 e. The number of hydrogen-bond donors (Lipinski definition) is 1. The summed E-state index contributed by atoms with van der Waals surface area (Å²) in [6.45, 7) is 5.71. The summed E-state index contributed by atoms with van der Waals surface area (Å²) in [6, 6.07) is 3.46. The van der Waals surface area contributed by atoms with Gasteiger partial charge in [-0.2, -0.15) is 0 Å². The van der Waals surface area contributed by atoms with Gasteiger partial charge in [0.1, 0.15) is 6.04 Å². The molecule has 20 heavy (non-hydrogen) atoms. The molecule has 1 atom stereocenters. The van der Waals surface area contributed by atoms with Gasteiger partial charge in [-0.05, 0) is 29.7 Å². The zero-order valence-electron chi connectivity index (χ0n) is 12.6. The summed E-state index contributed by atoms with van der Waals surface area (Å²) in [6.07, 6.45) is 2.09. The Morgan fingerprint density at radius 3 is 2.60 bits per heavy atom. The van der Waals surface area contributed by atoms with Gasteiger partial charge in [-0.15, -0.1) is 11.3 Å². The number of aryl methyl sites for hydroxylation is 1. The molecule has 0 spiro atoms. The van der Waals surface area contributed by atoms with E-state index in [9.17, 15) is 9.59 Å². The Morgan fingerprint density at radius 2 is 2.10 bits per heavy atom. The SMILES string of the molecule is COC(=O)[C@@H](NC(=O)CCCc1cccs1)C(C)(C)C. The highest BCUT2D eigenvalue weighted by Gasteiger charge is 2.33. The number of carbonyl (C=O) groups is 2. The van der Waals surface area contributed by atoms with Gasteiger partial charge in [-0.1, -0.05) is 26.8 Å². The van der Waals surface area contributed by atoms with Crippen LogP contribution in [0.3, 0.4) is 0 Å². The van der Waals surface area contributed by atoms with Gasteiger partial charge in [0.15, 0.2) is 0 Å². The third-order valence-corrected chi connectivity index (χ3v) is 3.95. The highest BCUT2D eigenvalue weighted by molar-refractivity contribution is 7.09. The van der Waals surface area contributed by atoms with Crippen molar-refractivity contribution in [2.24, 2.45) is 5.41 Å². The molecule has 0 fully saturated rings. The lowest BCUT2D eigenvalue weighted by Gasteiger charge is -2.29. The van der Waals surface area contributed by atoms with Crippen molar-refractivity contribution >= 4 is 23.2 Å². The second-order valence-electron chi connectivity index (χ2n) is 5.82. The predicted molar refractivity (Wildman–Crippen MR) is 80.7 cm³/mol. The normalized spacial score (nSPS) is 12.8. The van der Waals surface area contributed by atoms with Crippen LogP contribution in [0.5, 0.6) is 0 Å². The number of rotatable bonds is 6. The number of thiophene rings is 1. The lowest BCUT2D eigenvalue weighted by Crippen LogP contribution is -2.49. The smallest absolute Gasteiger partial charge is 0.328 e. The fourth-order valence-corrected chi connectivity index (χ4v) is 2.61. The lowest BCUT2D eigenvalue weighted by molar-refractivity contribution is -0.148. The van der Waals surface area contributed by atoms with Crippen molar-refractivity contribution < 1.29 is 14.3 Å². The number of carbonyl (C=O) groups excluding carboxylic acids is 2. The maximum Gasteiger partial charge on any atom is 0.328 e. The van der Waals surface area contributed by atoms with Gasteiger partial charge in [0.25, 0.3) is 0 Å². The van der Waals surface area contributed by atoms with Crippen molar-refractivity contribution in [3.8, 4) is 0 Å². The largest absolute Gasteiger partial charge is 0.467 e. The van der Waals surface area contributed by atoms with Crippen molar-refractivity contribution in [1.82, 2.24) is 5.32 Å². The standard InChI is InChI=1S/C15H23NO3S/c1-15(2,3)13(14(18)19-4)16-12(17)9-5-7-11-8-6-10-20-11/h6,8,10,13H,5,7,9H2,1-4H3,(H,16,17)/t13-/m1/s1. The van der Waals surface area contributed by atoms with Crippen LogP contribution >= 0.6 is 11.3 Å². The highest BCUT2D eigenvalue weighted by Crippen LogP contribution is 2.20. The van der Waals surface area contributed by atoms with Crippen molar-refractivity contribution in [3.05, 3.63) is 22.4 Å². The molecule has 1 heterocycles. The summed E-state index contributed by atoms with van der Waals surface area (Å²) in [5.74, 6) is -0.504. The van der Waals surface area contributed by atoms with Gasteiger partial charge in [0, 0.05) is 11.3 Å². The minimum atomic E-state index is -0.610. The van der Waals surface area contributed by atoms with Gasteiger partial charge >= 0.3 is 5.97 Å². The van der Waals surface area contributed by atoms with Crippen LogP contribution in [0.15, 0.2) is 17.5 Å². The van der Waals surface area contributed by atoms with Crippen molar-refractivity contribution in [3.63, 3.8) is 0 Å². The molecule has 0 saturated heterocycles. The minimum absolute atomic E-state index is 0.105. The Kier molecular flexibility index (Phi) is 6.20. The van der Waals surface area contributed by atoms with E-state index in [0.717, 1.165) is 12.8 Å². The summed E-state index contributed by atoms with van der Waals surface area (Å²) >= 11 is 1.70. The lowest BCUT2D eigenvalue weighted by atomic mass is 9.86. The molecule has 1 aromatic heterocycles. The number of amides is 1. The molecule has 0 bridgehead atoms. The fraction of sp³-hybridized carbons (Fsp3) is 0.600. The fourth-order valence-electron chi connectivity index (χ4n) is 1.86. The van der Waals surface area contributed by atoms with E-state index in [1.165, 1.54) is 12.0 Å². The van der Waals surface area contributed by atoms with E-state index in [1.807, 2.05) is 32.2 Å². The van der Waals surface area contributed by atoms with E-state index < -0.39 is 12.0 Å². The molecule has 0 aromatic carbocycles. The molecular weight excluding hydrogens is 274 g/mol. The summed E-state index contributed by atoms with van der Waals surface area (Å²) in [5.41, 5.74) is -0.365. The topological polar surface area (TPSA) is 55.4 Å². The summed E-state index contributed by atoms with van der Waals surface area (Å²) in [4.78, 5) is 24.9. The zero-order chi connectivity index (χ0) is 15.2. The Hall–Kier alpha value is -1.36. The van der Waals surface area contributed by atoms with E-state index in [4.69, 9.17) is 4.74 Å². The van der Waals surface area contributed by atoms with Crippen LogP contribution in [-0.4, -0.2) is 25.0 Å². The number of methoxy groups -OCH3 is 1. The Morgan fingerprint density at radius 1 is 1.40 bits per heavy atom. The monoisotopic (exact) mass is 297 g/mol. The van der Waals surface area contributed by atoms with E-state index >= 15 is 0 Å². The van der Waals surface area contributed by atoms with Crippen LogP contribution in [-0.2, 0) is 20.7 Å². The Labute approximate surface area is 124 Å². The average Bonchev–Trinajstić information content (AvgIpc) is 2.87. The maximum atomic E-state index is 11.9. The van der Waals surface area contributed by atoms with Crippen LogP contribution in [0.4, 0.5) is 0 Å². The Balaban J connectivity index is 2.44. The maximum absolute atomic E-state index is 11.9. The molecule has 1 rings (SSSR count). The van der Waals surface area contributed by atoms with E-state index in [-0.39, 0.29) is 11.3 Å². The quantitative estimate of drug-likeness (QED) is 0.821. The molecule has 5 heteroatoms. The molecule has 1 N–H and O–H groups in total. The third-order valence-electron chi connectivity index (χ3n) is 3.02. The van der Waals surface area contributed by atoms with Gasteiger partial charge < -0.3 is 10.1 Å². The molecule has 1 amide bonds. The number of esters is 1. The zero-order valence-corrected chi connectivity index (χ0v) is 13.4. The van der Waals surface area contributed by atoms with Crippen molar-refractivity contribution in [1.29, 1.82) is 0 Å². The van der Waals surface area contributed by atoms with Crippen LogP contribution in [0, 0.1) is 5.41 Å². The van der Waals surface area contributed by atoms with Crippen LogP contribution in [0.2, 0.25) is 0 Å². The summed E-state index contributed by atoms with van der Waals surface area (Å²) < 4.78 is 4.75. The first-order valence-electron chi connectivity index (χ1n) is 6.74. The van der Waals surface area contributed by atoms with Crippen LogP contribution in [0.25, 0.3) is 0 Å². The average molecular weight is 297 g/mol. The molecule has 4 nitrogen and oxygen atoms in total. The first-order valence-corrected chi connectivity index (χ1v) is 7.62. The number of ether oxygens (including phenoxy) is 1. The first kappa shape index (κ1) is 16.7. The van der Waals surface area contributed by atoms with E-state index in [0.29, 0.717) is 6.42 Å². The Bertz CT molecular complexity index is 434. The molecule has 0 unspecified atom stereocenters. The number of hydrogen-bond acceptors (Lipinski definition) is 4. The molecule has 1 aromatic rings. The molecule has 112 valence electrons. The van der Waals surface area contributed by atoms with E-state index in [2.05, 4.69) is 11.4 Å². The second-order valence-corrected chi connectivity index (χ2v) is 6.85.